The molecule has 1 heterocycles. The summed E-state index contributed by atoms with van der Waals surface area (Å²) < 4.78 is 10.3. The monoisotopic (exact) mass is 440 g/mol. The molecule has 0 radical (unpaired) electrons. The van der Waals surface area contributed by atoms with Crippen LogP contribution < -0.4 is 14.8 Å². The van der Waals surface area contributed by atoms with Gasteiger partial charge in [0.15, 0.2) is 11.5 Å². The summed E-state index contributed by atoms with van der Waals surface area (Å²) in [6.45, 7) is 2.74. The van der Waals surface area contributed by atoms with Gasteiger partial charge in [-0.1, -0.05) is 24.3 Å². The largest absolute Gasteiger partial charge is 0.493 e. The summed E-state index contributed by atoms with van der Waals surface area (Å²) >= 11 is 0.749. The molecule has 1 N–H and O–H groups in total. The number of para-hydroxylation sites is 1. The number of methoxy groups -OCH3 is 1. The minimum Gasteiger partial charge on any atom is -0.493 e. The number of carbonyl (C=O) groups excluding carboxylic acids is 4. The molecule has 2 aromatic carbocycles. The molecule has 1 fully saturated rings. The van der Waals surface area contributed by atoms with Crippen LogP contribution in [0.15, 0.2) is 47.4 Å². The van der Waals surface area contributed by atoms with Crippen molar-refractivity contribution in [2.45, 2.75) is 13.8 Å². The summed E-state index contributed by atoms with van der Waals surface area (Å²) in [6, 6.07) is 12.0. The molecule has 1 aliphatic heterocycles. The molecule has 0 atom stereocenters. The molecule has 9 heteroatoms. The average molecular weight is 440 g/mol. The van der Waals surface area contributed by atoms with Crippen LogP contribution in [0.5, 0.6) is 11.5 Å². The van der Waals surface area contributed by atoms with Crippen LogP contribution in [-0.4, -0.2) is 41.6 Å². The Morgan fingerprint density at radius 2 is 1.87 bits per heavy atom. The second-order valence-corrected chi connectivity index (χ2v) is 7.63. The second kappa shape index (κ2) is 9.48. The van der Waals surface area contributed by atoms with Crippen LogP contribution in [0.25, 0.3) is 6.08 Å². The predicted molar refractivity (Wildman–Crippen MR) is 117 cm³/mol. The standard InChI is InChI=1S/C22H20N2O6S/c1-13-6-4-5-7-16(13)23-20(26)12-24-21(27)19(31-22(24)28)11-15-8-9-17(30-14(2)25)18(10-15)29-3/h4-11H,12H2,1-3H3,(H,23,26)/b19-11-. The highest BCUT2D eigenvalue weighted by molar-refractivity contribution is 8.18. The zero-order valence-electron chi connectivity index (χ0n) is 17.1. The number of imide groups is 1. The van der Waals surface area contributed by atoms with Gasteiger partial charge < -0.3 is 14.8 Å². The van der Waals surface area contributed by atoms with Gasteiger partial charge in [-0.15, -0.1) is 0 Å². The Labute approximate surface area is 183 Å². The van der Waals surface area contributed by atoms with Crippen LogP contribution in [0.1, 0.15) is 18.1 Å². The van der Waals surface area contributed by atoms with Crippen molar-refractivity contribution in [3.63, 3.8) is 0 Å². The van der Waals surface area contributed by atoms with Crippen LogP contribution in [-0.2, 0) is 14.4 Å². The van der Waals surface area contributed by atoms with E-state index < -0.39 is 23.0 Å². The maximum Gasteiger partial charge on any atom is 0.308 e. The number of aryl methyl sites for hydroxylation is 1. The Hall–Kier alpha value is -3.59. The number of ether oxygens (including phenoxy) is 2. The van der Waals surface area contributed by atoms with Crippen LogP contribution in [0.4, 0.5) is 10.5 Å². The van der Waals surface area contributed by atoms with Gasteiger partial charge in [-0.25, -0.2) is 0 Å². The van der Waals surface area contributed by atoms with E-state index in [1.54, 1.807) is 24.3 Å². The van der Waals surface area contributed by atoms with Crippen LogP contribution >= 0.6 is 11.8 Å². The SMILES string of the molecule is COc1cc(/C=C2\SC(=O)N(CC(=O)Nc3ccccc3C)C2=O)ccc1OC(C)=O. The summed E-state index contributed by atoms with van der Waals surface area (Å²) in [5, 5.41) is 2.18. The molecule has 0 unspecified atom stereocenters. The number of anilines is 1. The van der Waals surface area contributed by atoms with Crippen LogP contribution in [0.2, 0.25) is 0 Å². The number of rotatable bonds is 6. The van der Waals surface area contributed by atoms with Crippen molar-refractivity contribution in [3.05, 3.63) is 58.5 Å². The summed E-state index contributed by atoms with van der Waals surface area (Å²) in [5.74, 6) is -0.965. The van der Waals surface area contributed by atoms with E-state index in [0.29, 0.717) is 17.0 Å². The van der Waals surface area contributed by atoms with Gasteiger partial charge in [0.1, 0.15) is 6.54 Å². The van der Waals surface area contributed by atoms with E-state index in [-0.39, 0.29) is 17.2 Å². The van der Waals surface area contributed by atoms with E-state index in [1.807, 2.05) is 19.1 Å². The Balaban J connectivity index is 1.73. The first-order valence-electron chi connectivity index (χ1n) is 9.26. The molecule has 160 valence electrons. The number of benzene rings is 2. The number of carbonyl (C=O) groups is 4. The number of hydrogen-bond acceptors (Lipinski definition) is 7. The molecule has 0 aliphatic carbocycles. The van der Waals surface area contributed by atoms with Gasteiger partial charge in [0.05, 0.1) is 12.0 Å². The van der Waals surface area contributed by atoms with E-state index in [0.717, 1.165) is 22.2 Å². The third-order valence-electron chi connectivity index (χ3n) is 4.33. The number of nitrogens with one attached hydrogen (secondary N) is 1. The van der Waals surface area contributed by atoms with Crippen molar-refractivity contribution in [3.8, 4) is 11.5 Å². The van der Waals surface area contributed by atoms with E-state index in [2.05, 4.69) is 5.32 Å². The van der Waals surface area contributed by atoms with Crippen molar-refractivity contribution in [1.82, 2.24) is 4.90 Å². The van der Waals surface area contributed by atoms with E-state index in [9.17, 15) is 19.2 Å². The highest BCUT2D eigenvalue weighted by atomic mass is 32.2. The topological polar surface area (TPSA) is 102 Å². The molecule has 0 spiro atoms. The maximum atomic E-state index is 12.7. The Morgan fingerprint density at radius 3 is 2.55 bits per heavy atom. The lowest BCUT2D eigenvalue weighted by Gasteiger charge is -2.13. The third kappa shape index (κ3) is 5.32. The molecular weight excluding hydrogens is 420 g/mol. The molecule has 1 aliphatic rings. The number of esters is 1. The molecule has 0 aromatic heterocycles. The predicted octanol–water partition coefficient (Wildman–Crippen LogP) is 3.60. The second-order valence-electron chi connectivity index (χ2n) is 6.63. The van der Waals surface area contributed by atoms with Crippen LogP contribution in [0.3, 0.4) is 0 Å². The lowest BCUT2D eigenvalue weighted by Crippen LogP contribution is -2.36. The Morgan fingerprint density at radius 1 is 1.13 bits per heavy atom. The van der Waals surface area contributed by atoms with Crippen molar-refractivity contribution < 1.29 is 28.7 Å². The van der Waals surface area contributed by atoms with Crippen molar-refractivity contribution in [2.75, 3.05) is 19.0 Å². The normalized spacial score (nSPS) is 14.7. The first-order valence-corrected chi connectivity index (χ1v) is 10.1. The highest BCUT2D eigenvalue weighted by Gasteiger charge is 2.36. The molecule has 31 heavy (non-hydrogen) atoms. The zero-order chi connectivity index (χ0) is 22.5. The number of thioether (sulfide) groups is 1. The fourth-order valence-corrected chi connectivity index (χ4v) is 3.69. The number of nitrogens with zero attached hydrogens (tertiary/aromatic N) is 1. The molecule has 8 nitrogen and oxygen atoms in total. The summed E-state index contributed by atoms with van der Waals surface area (Å²) in [6.07, 6.45) is 1.52. The molecule has 1 saturated heterocycles. The maximum absolute atomic E-state index is 12.7. The van der Waals surface area contributed by atoms with Gasteiger partial charge >= 0.3 is 5.97 Å². The summed E-state index contributed by atoms with van der Waals surface area (Å²) in [5.41, 5.74) is 2.06. The van der Waals surface area contributed by atoms with E-state index in [4.69, 9.17) is 9.47 Å². The van der Waals surface area contributed by atoms with E-state index in [1.165, 1.54) is 26.2 Å². The fraction of sp³-hybridized carbons (Fsp3) is 0.182. The summed E-state index contributed by atoms with van der Waals surface area (Å²) in [4.78, 5) is 49.6. The first-order chi connectivity index (χ1) is 14.8. The zero-order valence-corrected chi connectivity index (χ0v) is 17.9. The molecule has 3 rings (SSSR count). The Bertz CT molecular complexity index is 1100. The van der Waals surface area contributed by atoms with Gasteiger partial charge in [-0.3, -0.25) is 24.1 Å². The third-order valence-corrected chi connectivity index (χ3v) is 5.24. The Kier molecular flexibility index (Phi) is 6.76. The van der Waals surface area contributed by atoms with Gasteiger partial charge in [0.25, 0.3) is 11.1 Å². The highest BCUT2D eigenvalue weighted by Crippen LogP contribution is 2.34. The van der Waals surface area contributed by atoms with Gasteiger partial charge in [0.2, 0.25) is 5.91 Å². The lowest BCUT2D eigenvalue weighted by atomic mass is 10.2. The molecule has 0 saturated carbocycles. The van der Waals surface area contributed by atoms with Gasteiger partial charge in [-0.05, 0) is 54.1 Å². The average Bonchev–Trinajstić information content (AvgIpc) is 2.97. The molecule has 2 aromatic rings. The minimum absolute atomic E-state index is 0.177. The molecule has 0 bridgehead atoms. The quantitative estimate of drug-likeness (QED) is 0.416. The summed E-state index contributed by atoms with van der Waals surface area (Å²) in [7, 11) is 1.42. The van der Waals surface area contributed by atoms with E-state index >= 15 is 0 Å². The lowest BCUT2D eigenvalue weighted by molar-refractivity contribution is -0.132. The van der Waals surface area contributed by atoms with Gasteiger partial charge in [-0.2, -0.15) is 0 Å². The number of amides is 3. The van der Waals surface area contributed by atoms with Gasteiger partial charge in [0, 0.05) is 12.6 Å². The number of hydrogen-bond donors (Lipinski definition) is 1. The molecular formula is C22H20N2O6S. The van der Waals surface area contributed by atoms with Crippen molar-refractivity contribution >= 4 is 46.5 Å². The van der Waals surface area contributed by atoms with Crippen molar-refractivity contribution in [2.24, 2.45) is 0 Å². The molecule has 3 amide bonds. The first kappa shape index (κ1) is 22.1. The minimum atomic E-state index is -0.557. The smallest absolute Gasteiger partial charge is 0.308 e. The van der Waals surface area contributed by atoms with Crippen LogP contribution in [0, 0.1) is 6.92 Å². The van der Waals surface area contributed by atoms with Crippen molar-refractivity contribution in [1.29, 1.82) is 0 Å². The fourth-order valence-electron chi connectivity index (χ4n) is 2.85.